The topological polar surface area (TPSA) is 56.8 Å². The molecule has 2 N–H and O–H groups in total. The number of hydrogen-bond acceptors (Lipinski definition) is 4. The monoisotopic (exact) mass is 452 g/mol. The van der Waals surface area contributed by atoms with Gasteiger partial charge in [0.05, 0.1) is 0 Å². The Morgan fingerprint density at radius 1 is 1.12 bits per heavy atom. The van der Waals surface area contributed by atoms with Crippen LogP contribution in [-0.2, 0) is 11.3 Å². The van der Waals surface area contributed by atoms with Crippen molar-refractivity contribution in [1.82, 2.24) is 10.2 Å². The molecular weight excluding hydrogens is 420 g/mol. The number of carbonyl (C=O) groups excluding carboxylic acids is 1. The van der Waals surface area contributed by atoms with Crippen molar-refractivity contribution in [3.05, 3.63) is 53.6 Å². The summed E-state index contributed by atoms with van der Waals surface area (Å²) in [5, 5.41) is 7.05. The van der Waals surface area contributed by atoms with Crippen LogP contribution in [0.2, 0.25) is 0 Å². The number of amides is 1. The summed E-state index contributed by atoms with van der Waals surface area (Å²) < 4.78 is 6.12. The third kappa shape index (κ3) is 5.78. The van der Waals surface area contributed by atoms with Crippen LogP contribution in [0, 0.1) is 6.92 Å². The van der Waals surface area contributed by atoms with Crippen molar-refractivity contribution in [3.63, 3.8) is 0 Å². The number of thiocarbonyl (C=S) groups is 1. The quantitative estimate of drug-likeness (QED) is 0.644. The molecule has 0 bridgehead atoms. The lowest BCUT2D eigenvalue weighted by molar-refractivity contribution is -0.117. The third-order valence-corrected chi connectivity index (χ3v) is 6.42. The van der Waals surface area contributed by atoms with Crippen LogP contribution < -0.4 is 20.3 Å². The zero-order valence-electron chi connectivity index (χ0n) is 18.9. The molecule has 2 saturated heterocycles. The highest BCUT2D eigenvalue weighted by Gasteiger charge is 2.23. The Morgan fingerprint density at radius 2 is 1.88 bits per heavy atom. The first kappa shape index (κ1) is 22.6. The molecule has 170 valence electrons. The first-order valence-corrected chi connectivity index (χ1v) is 11.8. The van der Waals surface area contributed by atoms with Crippen LogP contribution in [0.4, 0.5) is 11.4 Å². The fraction of sp³-hybridized carbons (Fsp3) is 0.440. The average molecular weight is 453 g/mol. The van der Waals surface area contributed by atoms with Crippen LogP contribution in [0.1, 0.15) is 36.8 Å². The minimum absolute atomic E-state index is 0.189. The molecule has 32 heavy (non-hydrogen) atoms. The lowest BCUT2D eigenvalue weighted by atomic mass is 10.1. The van der Waals surface area contributed by atoms with E-state index in [0.717, 1.165) is 67.1 Å². The van der Waals surface area contributed by atoms with E-state index < -0.39 is 0 Å². The summed E-state index contributed by atoms with van der Waals surface area (Å²) in [5.74, 6) is 1.11. The second-order valence-electron chi connectivity index (χ2n) is 8.72. The fourth-order valence-corrected chi connectivity index (χ4v) is 4.41. The number of nitrogens with zero attached hydrogens (tertiary/aromatic N) is 2. The Kier molecular flexibility index (Phi) is 7.27. The zero-order valence-corrected chi connectivity index (χ0v) is 19.7. The SMILES string of the molecule is Cc1ccc(NC(=S)NCc2ccc(OC3CCN(C)CC3)cc2)cc1N1CCCC1=O. The van der Waals surface area contributed by atoms with Gasteiger partial charge in [-0.1, -0.05) is 18.2 Å². The van der Waals surface area contributed by atoms with E-state index in [1.54, 1.807) is 0 Å². The predicted molar refractivity (Wildman–Crippen MR) is 133 cm³/mol. The van der Waals surface area contributed by atoms with E-state index >= 15 is 0 Å². The molecule has 0 atom stereocenters. The second-order valence-corrected chi connectivity index (χ2v) is 9.13. The van der Waals surface area contributed by atoms with E-state index in [0.29, 0.717) is 24.2 Å². The maximum Gasteiger partial charge on any atom is 0.227 e. The molecule has 6 nitrogen and oxygen atoms in total. The lowest BCUT2D eigenvalue weighted by Gasteiger charge is -2.29. The van der Waals surface area contributed by atoms with Gasteiger partial charge in [0.1, 0.15) is 11.9 Å². The Hall–Kier alpha value is -2.64. The summed E-state index contributed by atoms with van der Waals surface area (Å²) in [5.41, 5.74) is 4.06. The molecule has 2 aromatic rings. The van der Waals surface area contributed by atoms with Crippen LogP contribution in [-0.4, -0.2) is 48.7 Å². The Balaban J connectivity index is 1.27. The molecule has 0 saturated carbocycles. The number of hydrogen-bond donors (Lipinski definition) is 2. The number of piperidine rings is 1. The zero-order chi connectivity index (χ0) is 22.5. The molecule has 2 heterocycles. The predicted octanol–water partition coefficient (Wildman–Crippen LogP) is 4.08. The number of nitrogens with one attached hydrogen (secondary N) is 2. The van der Waals surface area contributed by atoms with Crippen molar-refractivity contribution < 1.29 is 9.53 Å². The van der Waals surface area contributed by atoms with Gasteiger partial charge in [-0.3, -0.25) is 4.79 Å². The lowest BCUT2D eigenvalue weighted by Crippen LogP contribution is -2.35. The van der Waals surface area contributed by atoms with E-state index in [9.17, 15) is 4.79 Å². The van der Waals surface area contributed by atoms with E-state index in [1.807, 2.05) is 42.2 Å². The summed E-state index contributed by atoms with van der Waals surface area (Å²) in [6.07, 6.45) is 4.00. The number of anilines is 2. The summed E-state index contributed by atoms with van der Waals surface area (Å²) in [6, 6.07) is 14.2. The minimum atomic E-state index is 0.189. The van der Waals surface area contributed by atoms with Gasteiger partial charge in [0.15, 0.2) is 5.11 Å². The Morgan fingerprint density at radius 3 is 2.56 bits per heavy atom. The molecule has 0 spiro atoms. The molecule has 1 amide bonds. The smallest absolute Gasteiger partial charge is 0.227 e. The second kappa shape index (κ2) is 10.3. The van der Waals surface area contributed by atoms with Gasteiger partial charge in [0.2, 0.25) is 5.91 Å². The highest BCUT2D eigenvalue weighted by molar-refractivity contribution is 7.80. The largest absolute Gasteiger partial charge is 0.490 e. The van der Waals surface area contributed by atoms with Crippen LogP contribution in [0.15, 0.2) is 42.5 Å². The van der Waals surface area contributed by atoms with E-state index in [-0.39, 0.29) is 5.91 Å². The minimum Gasteiger partial charge on any atom is -0.490 e. The summed E-state index contributed by atoms with van der Waals surface area (Å²) in [6.45, 7) is 5.62. The number of carbonyl (C=O) groups is 1. The van der Waals surface area contributed by atoms with Gasteiger partial charge in [0, 0.05) is 44.0 Å². The van der Waals surface area contributed by atoms with Crippen LogP contribution >= 0.6 is 12.2 Å². The first-order chi connectivity index (χ1) is 15.5. The van der Waals surface area contributed by atoms with Crippen molar-refractivity contribution >= 4 is 34.6 Å². The molecule has 2 aromatic carbocycles. The highest BCUT2D eigenvalue weighted by Crippen LogP contribution is 2.28. The maximum absolute atomic E-state index is 12.1. The van der Waals surface area contributed by atoms with Gasteiger partial charge in [-0.05, 0) is 80.8 Å². The van der Waals surface area contributed by atoms with E-state index in [4.69, 9.17) is 17.0 Å². The van der Waals surface area contributed by atoms with E-state index in [1.165, 1.54) is 0 Å². The molecule has 0 unspecified atom stereocenters. The van der Waals surface area contributed by atoms with Gasteiger partial charge in [-0.25, -0.2) is 0 Å². The van der Waals surface area contributed by atoms with Crippen LogP contribution in [0.25, 0.3) is 0 Å². The normalized spacial score (nSPS) is 17.4. The Bertz CT molecular complexity index is 955. The summed E-state index contributed by atoms with van der Waals surface area (Å²) in [4.78, 5) is 16.3. The standard InChI is InChI=1S/C25H32N4O2S/c1-18-5-8-20(16-23(18)29-13-3-4-24(29)30)27-25(32)26-17-19-6-9-21(10-7-19)31-22-11-14-28(2)15-12-22/h5-10,16,22H,3-4,11-15,17H2,1-2H3,(H2,26,27,32). The summed E-state index contributed by atoms with van der Waals surface area (Å²) in [7, 11) is 2.16. The first-order valence-electron chi connectivity index (χ1n) is 11.4. The third-order valence-electron chi connectivity index (χ3n) is 6.18. The van der Waals surface area contributed by atoms with Crippen molar-refractivity contribution in [2.24, 2.45) is 0 Å². The molecule has 0 aliphatic carbocycles. The number of likely N-dealkylation sites (tertiary alicyclic amines) is 1. The number of ether oxygens (including phenoxy) is 1. The average Bonchev–Trinajstić information content (AvgIpc) is 3.22. The van der Waals surface area contributed by atoms with Gasteiger partial charge in [0.25, 0.3) is 0 Å². The van der Waals surface area contributed by atoms with Crippen molar-refractivity contribution in [3.8, 4) is 5.75 Å². The van der Waals surface area contributed by atoms with E-state index in [2.05, 4.69) is 34.7 Å². The Labute approximate surface area is 195 Å². The van der Waals surface area contributed by atoms with Gasteiger partial charge < -0.3 is 25.2 Å². The molecule has 2 fully saturated rings. The van der Waals surface area contributed by atoms with Gasteiger partial charge >= 0.3 is 0 Å². The van der Waals surface area contributed by atoms with Gasteiger partial charge in [-0.2, -0.15) is 0 Å². The summed E-state index contributed by atoms with van der Waals surface area (Å²) >= 11 is 5.48. The van der Waals surface area contributed by atoms with Crippen LogP contribution in [0.5, 0.6) is 5.75 Å². The molecular formula is C25H32N4O2S. The number of benzene rings is 2. The molecule has 2 aliphatic heterocycles. The van der Waals surface area contributed by atoms with Crippen molar-refractivity contribution in [2.45, 2.75) is 45.3 Å². The highest BCUT2D eigenvalue weighted by atomic mass is 32.1. The molecule has 4 rings (SSSR count). The van der Waals surface area contributed by atoms with Gasteiger partial charge in [-0.15, -0.1) is 0 Å². The fourth-order valence-electron chi connectivity index (χ4n) is 4.22. The maximum atomic E-state index is 12.1. The molecule has 0 radical (unpaired) electrons. The van der Waals surface area contributed by atoms with Crippen molar-refractivity contribution in [1.29, 1.82) is 0 Å². The van der Waals surface area contributed by atoms with Crippen LogP contribution in [0.3, 0.4) is 0 Å². The molecule has 7 heteroatoms. The number of aryl methyl sites for hydroxylation is 1. The van der Waals surface area contributed by atoms with Crippen molar-refractivity contribution in [2.75, 3.05) is 36.9 Å². The number of rotatable bonds is 6. The molecule has 0 aromatic heterocycles. The molecule has 2 aliphatic rings.